The van der Waals surface area contributed by atoms with Crippen LogP contribution in [-0.4, -0.2) is 49.4 Å². The van der Waals surface area contributed by atoms with Crippen LogP contribution in [0.5, 0.6) is 5.75 Å². The minimum atomic E-state index is -0.607. The largest absolute Gasteiger partial charge is 0.497 e. The summed E-state index contributed by atoms with van der Waals surface area (Å²) < 4.78 is 5.15. The average molecular weight is 307 g/mol. The first-order valence-electron chi connectivity index (χ1n) is 7.16. The molecule has 1 saturated heterocycles. The number of hydrogen-bond donors (Lipinski definition) is 3. The highest BCUT2D eigenvalue weighted by molar-refractivity contribution is 5.97. The first-order valence-corrected chi connectivity index (χ1v) is 7.16. The average Bonchev–Trinajstić information content (AvgIpc) is 2.85. The number of methoxy groups -OCH3 is 1. The topological polar surface area (TPSA) is 90.9 Å². The summed E-state index contributed by atoms with van der Waals surface area (Å²) in [7, 11) is 1.57. The number of rotatable bonds is 5. The highest BCUT2D eigenvalue weighted by atomic mass is 16.5. The molecule has 1 aliphatic rings. The molecule has 0 unspecified atom stereocenters. The molecule has 1 aliphatic heterocycles. The van der Waals surface area contributed by atoms with E-state index >= 15 is 0 Å². The third-order valence-corrected chi connectivity index (χ3v) is 3.38. The Bertz CT molecular complexity index is 547. The molecule has 22 heavy (non-hydrogen) atoms. The molecular weight excluding hydrogens is 286 g/mol. The predicted molar refractivity (Wildman–Crippen MR) is 82.0 cm³/mol. The van der Waals surface area contributed by atoms with Gasteiger partial charge in [-0.1, -0.05) is 6.07 Å². The molecule has 0 radical (unpaired) electrons. The lowest BCUT2D eigenvalue weighted by molar-refractivity contribution is -0.117. The summed E-state index contributed by atoms with van der Waals surface area (Å²) >= 11 is 0. The maximum Gasteiger partial charge on any atom is 0.315 e. The van der Waals surface area contributed by atoms with E-state index in [-0.39, 0.29) is 30.9 Å². The smallest absolute Gasteiger partial charge is 0.315 e. The van der Waals surface area contributed by atoms with E-state index in [1.807, 2.05) is 18.2 Å². The second-order valence-electron chi connectivity index (χ2n) is 5.31. The van der Waals surface area contributed by atoms with Crippen molar-refractivity contribution < 1.29 is 19.4 Å². The number of urea groups is 1. The molecule has 0 saturated carbocycles. The monoisotopic (exact) mass is 307 g/mol. The summed E-state index contributed by atoms with van der Waals surface area (Å²) in [6.07, 6.45) is -0.358. The summed E-state index contributed by atoms with van der Waals surface area (Å²) in [5.74, 6) is 0.630. The molecule has 7 heteroatoms. The third-order valence-electron chi connectivity index (χ3n) is 3.38. The fourth-order valence-corrected chi connectivity index (χ4v) is 2.31. The van der Waals surface area contributed by atoms with E-state index in [9.17, 15) is 9.59 Å². The molecule has 1 aromatic carbocycles. The van der Waals surface area contributed by atoms with Gasteiger partial charge in [0.1, 0.15) is 5.75 Å². The lowest BCUT2D eigenvalue weighted by Gasteiger charge is -2.18. The zero-order valence-electron chi connectivity index (χ0n) is 12.7. The number of carbonyl (C=O) groups is 2. The van der Waals surface area contributed by atoms with Gasteiger partial charge in [-0.2, -0.15) is 0 Å². The lowest BCUT2D eigenvalue weighted by atomic mass is 10.2. The van der Waals surface area contributed by atoms with E-state index < -0.39 is 6.10 Å². The van der Waals surface area contributed by atoms with E-state index in [1.54, 1.807) is 25.0 Å². The standard InChI is InChI=1S/C15H21N3O4/c1-10(19)8-16-15(21)17-11-6-14(20)18(9-11)12-4-3-5-13(7-12)22-2/h3-5,7,10-11,19H,6,8-9H2,1-2H3,(H2,16,17,21)/t10-,11-/m0/s1. The molecule has 3 N–H and O–H groups in total. The Morgan fingerprint density at radius 2 is 2.32 bits per heavy atom. The molecule has 0 aliphatic carbocycles. The Morgan fingerprint density at radius 1 is 1.55 bits per heavy atom. The summed E-state index contributed by atoms with van der Waals surface area (Å²) in [6.45, 7) is 2.17. The molecule has 7 nitrogen and oxygen atoms in total. The van der Waals surface area contributed by atoms with Crippen LogP contribution in [0.25, 0.3) is 0 Å². The number of aliphatic hydroxyl groups is 1. The van der Waals surface area contributed by atoms with Crippen LogP contribution in [0, 0.1) is 0 Å². The van der Waals surface area contributed by atoms with Gasteiger partial charge >= 0.3 is 6.03 Å². The second kappa shape index (κ2) is 7.13. The number of nitrogens with zero attached hydrogens (tertiary/aromatic N) is 1. The molecule has 3 amide bonds. The molecule has 1 heterocycles. The van der Waals surface area contributed by atoms with Gasteiger partial charge in [0.2, 0.25) is 5.91 Å². The first kappa shape index (κ1) is 16.1. The van der Waals surface area contributed by atoms with Crippen molar-refractivity contribution in [2.45, 2.75) is 25.5 Å². The number of nitrogens with one attached hydrogen (secondary N) is 2. The van der Waals surface area contributed by atoms with E-state index in [2.05, 4.69) is 10.6 Å². The Balaban J connectivity index is 1.94. The van der Waals surface area contributed by atoms with Crippen LogP contribution in [0.3, 0.4) is 0 Å². The van der Waals surface area contributed by atoms with Crippen LogP contribution >= 0.6 is 0 Å². The molecule has 2 rings (SSSR count). The van der Waals surface area contributed by atoms with Gasteiger partial charge in [0.05, 0.1) is 19.3 Å². The van der Waals surface area contributed by atoms with Gasteiger partial charge in [-0.3, -0.25) is 4.79 Å². The van der Waals surface area contributed by atoms with Crippen LogP contribution in [0.4, 0.5) is 10.5 Å². The van der Waals surface area contributed by atoms with Crippen LogP contribution in [0.15, 0.2) is 24.3 Å². The van der Waals surface area contributed by atoms with E-state index in [4.69, 9.17) is 9.84 Å². The fourth-order valence-electron chi connectivity index (χ4n) is 2.31. The number of anilines is 1. The summed E-state index contributed by atoms with van der Waals surface area (Å²) in [4.78, 5) is 25.4. The van der Waals surface area contributed by atoms with Crippen LogP contribution in [0.1, 0.15) is 13.3 Å². The van der Waals surface area contributed by atoms with Gasteiger partial charge in [-0.25, -0.2) is 4.79 Å². The number of aliphatic hydroxyl groups excluding tert-OH is 1. The maximum absolute atomic E-state index is 12.1. The summed E-state index contributed by atoms with van der Waals surface area (Å²) in [6, 6.07) is 6.60. The molecule has 1 aromatic rings. The lowest BCUT2D eigenvalue weighted by Crippen LogP contribution is -2.45. The van der Waals surface area contributed by atoms with Crippen LogP contribution < -0.4 is 20.3 Å². The normalized spacial score (nSPS) is 19.0. The minimum Gasteiger partial charge on any atom is -0.497 e. The number of amides is 3. The molecule has 0 aromatic heterocycles. The Kier molecular flexibility index (Phi) is 5.21. The fraction of sp³-hybridized carbons (Fsp3) is 0.467. The molecular formula is C15H21N3O4. The molecule has 0 bridgehead atoms. The molecule has 1 fully saturated rings. The molecule has 0 spiro atoms. The van der Waals surface area contributed by atoms with Crippen molar-refractivity contribution in [3.63, 3.8) is 0 Å². The Labute approximate surface area is 129 Å². The van der Waals surface area contributed by atoms with Crippen molar-refractivity contribution in [2.75, 3.05) is 25.1 Å². The number of ether oxygens (including phenoxy) is 1. The molecule has 2 atom stereocenters. The van der Waals surface area contributed by atoms with E-state index in [0.29, 0.717) is 12.3 Å². The second-order valence-corrected chi connectivity index (χ2v) is 5.31. The van der Waals surface area contributed by atoms with Crippen molar-refractivity contribution in [2.24, 2.45) is 0 Å². The van der Waals surface area contributed by atoms with Crippen molar-refractivity contribution in [3.8, 4) is 5.75 Å². The maximum atomic E-state index is 12.1. The van der Waals surface area contributed by atoms with Gasteiger partial charge in [0, 0.05) is 31.3 Å². The number of hydrogen-bond acceptors (Lipinski definition) is 4. The van der Waals surface area contributed by atoms with E-state index in [0.717, 1.165) is 5.69 Å². The van der Waals surface area contributed by atoms with Crippen molar-refractivity contribution in [3.05, 3.63) is 24.3 Å². The summed E-state index contributed by atoms with van der Waals surface area (Å²) in [5, 5.41) is 14.4. The zero-order valence-corrected chi connectivity index (χ0v) is 12.7. The minimum absolute atomic E-state index is 0.0471. The first-order chi connectivity index (χ1) is 10.5. The van der Waals surface area contributed by atoms with Crippen LogP contribution in [-0.2, 0) is 4.79 Å². The van der Waals surface area contributed by atoms with Gasteiger partial charge in [-0.15, -0.1) is 0 Å². The highest BCUT2D eigenvalue weighted by Crippen LogP contribution is 2.25. The van der Waals surface area contributed by atoms with E-state index in [1.165, 1.54) is 0 Å². The van der Waals surface area contributed by atoms with Crippen molar-refractivity contribution in [1.29, 1.82) is 0 Å². The zero-order chi connectivity index (χ0) is 16.1. The predicted octanol–water partition coefficient (Wildman–Crippen LogP) is 0.481. The molecule has 120 valence electrons. The summed E-state index contributed by atoms with van der Waals surface area (Å²) in [5.41, 5.74) is 0.748. The number of carbonyl (C=O) groups excluding carboxylic acids is 2. The van der Waals surface area contributed by atoms with Crippen LogP contribution in [0.2, 0.25) is 0 Å². The van der Waals surface area contributed by atoms with Crippen molar-refractivity contribution >= 4 is 17.6 Å². The van der Waals surface area contributed by atoms with Gasteiger partial charge in [0.15, 0.2) is 0 Å². The third kappa shape index (κ3) is 4.11. The van der Waals surface area contributed by atoms with Gasteiger partial charge in [-0.05, 0) is 19.1 Å². The Hall–Kier alpha value is -2.28. The highest BCUT2D eigenvalue weighted by Gasteiger charge is 2.31. The van der Waals surface area contributed by atoms with Gasteiger partial charge < -0.3 is 25.4 Å². The Morgan fingerprint density at radius 3 is 3.00 bits per heavy atom. The SMILES string of the molecule is COc1cccc(N2C[C@@H](NC(=O)NC[C@H](C)O)CC2=O)c1. The van der Waals surface area contributed by atoms with Gasteiger partial charge in [0.25, 0.3) is 0 Å². The van der Waals surface area contributed by atoms with Crippen molar-refractivity contribution in [1.82, 2.24) is 10.6 Å². The number of benzene rings is 1. The quantitative estimate of drug-likeness (QED) is 0.738.